The summed E-state index contributed by atoms with van der Waals surface area (Å²) in [5, 5.41) is 6.63. The molecule has 2 aromatic heterocycles. The van der Waals surface area contributed by atoms with Crippen molar-refractivity contribution in [3.63, 3.8) is 0 Å². The topological polar surface area (TPSA) is 78.7 Å². The Hall–Kier alpha value is -2.41. The number of carbonyl (C=O) groups excluding carboxylic acids is 2. The summed E-state index contributed by atoms with van der Waals surface area (Å²) in [6, 6.07) is 6.37. The predicted molar refractivity (Wildman–Crippen MR) is 121 cm³/mol. The highest BCUT2D eigenvalue weighted by molar-refractivity contribution is 5.93. The van der Waals surface area contributed by atoms with Crippen LogP contribution in [0.4, 0.5) is 0 Å². The fourth-order valence-electron chi connectivity index (χ4n) is 6.98. The molecule has 7 nitrogen and oxygen atoms in total. The second-order valence-electron chi connectivity index (χ2n) is 11.0. The van der Waals surface area contributed by atoms with Gasteiger partial charge in [-0.25, -0.2) is 4.98 Å². The van der Waals surface area contributed by atoms with E-state index in [1.807, 2.05) is 33.7 Å². The molecule has 2 saturated heterocycles. The highest BCUT2D eigenvalue weighted by Crippen LogP contribution is 2.61. The van der Waals surface area contributed by atoms with Crippen molar-refractivity contribution in [3.05, 3.63) is 35.8 Å². The number of carbonyl (C=O) groups is 2. The Balaban J connectivity index is 1.14. The maximum Gasteiger partial charge on any atom is 0.268 e. The van der Waals surface area contributed by atoms with Crippen LogP contribution < -0.4 is 10.6 Å². The first-order valence-electron chi connectivity index (χ1n) is 12.2. The van der Waals surface area contributed by atoms with Crippen molar-refractivity contribution in [1.82, 2.24) is 24.9 Å². The molecule has 2 N–H and O–H groups in total. The third-order valence-electron chi connectivity index (χ3n) is 9.01. The van der Waals surface area contributed by atoms with Crippen LogP contribution in [0.25, 0.3) is 5.65 Å². The second-order valence-corrected chi connectivity index (χ2v) is 11.0. The Kier molecular flexibility index (Phi) is 4.61. The Morgan fingerprint density at radius 1 is 1.25 bits per heavy atom. The lowest BCUT2D eigenvalue weighted by Gasteiger charge is -2.60. The molecule has 2 amide bonds. The molecule has 5 fully saturated rings. The molecule has 3 saturated carbocycles. The van der Waals surface area contributed by atoms with Gasteiger partial charge in [0.05, 0.1) is 12.1 Å². The first-order valence-corrected chi connectivity index (χ1v) is 12.2. The predicted octanol–water partition coefficient (Wildman–Crippen LogP) is 2.25. The fraction of sp³-hybridized carbons (Fsp3) is 0.640. The van der Waals surface area contributed by atoms with Gasteiger partial charge < -0.3 is 15.5 Å². The number of hydrogen-bond acceptors (Lipinski definition) is 4. The van der Waals surface area contributed by atoms with Crippen molar-refractivity contribution in [2.45, 2.75) is 58.0 Å². The lowest BCUT2D eigenvalue weighted by atomic mass is 9.45. The number of pyridine rings is 1. The van der Waals surface area contributed by atoms with Crippen LogP contribution in [0.15, 0.2) is 24.4 Å². The van der Waals surface area contributed by atoms with Crippen molar-refractivity contribution in [3.8, 4) is 0 Å². The molecule has 5 atom stereocenters. The minimum atomic E-state index is -0.0620. The zero-order valence-electron chi connectivity index (χ0n) is 19.0. The molecule has 7 rings (SSSR count). The summed E-state index contributed by atoms with van der Waals surface area (Å²) in [7, 11) is 0. The van der Waals surface area contributed by atoms with Crippen molar-refractivity contribution >= 4 is 17.5 Å². The number of piperazine rings is 1. The number of rotatable bonds is 5. The third-order valence-corrected chi connectivity index (χ3v) is 9.01. The molecule has 7 heteroatoms. The monoisotopic (exact) mass is 435 g/mol. The van der Waals surface area contributed by atoms with E-state index in [4.69, 9.17) is 0 Å². The lowest BCUT2D eigenvalue weighted by molar-refractivity contribution is -0.131. The molecular formula is C25H33N5O2. The van der Waals surface area contributed by atoms with Gasteiger partial charge in [-0.2, -0.15) is 0 Å². The Morgan fingerprint density at radius 3 is 2.84 bits per heavy atom. The first kappa shape index (κ1) is 20.2. The van der Waals surface area contributed by atoms with Gasteiger partial charge in [0.25, 0.3) is 5.91 Å². The number of nitrogens with one attached hydrogen (secondary N) is 2. The van der Waals surface area contributed by atoms with Crippen LogP contribution in [-0.2, 0) is 11.2 Å². The van der Waals surface area contributed by atoms with E-state index in [2.05, 4.69) is 29.5 Å². The van der Waals surface area contributed by atoms with Crippen molar-refractivity contribution < 1.29 is 9.59 Å². The molecule has 2 aliphatic heterocycles. The van der Waals surface area contributed by atoms with Crippen LogP contribution in [0.5, 0.6) is 0 Å². The number of aromatic nitrogens is 2. The van der Waals surface area contributed by atoms with Crippen LogP contribution >= 0.6 is 0 Å². The molecule has 170 valence electrons. The number of fused-ring (bicyclic) bond motifs is 5. The quantitative estimate of drug-likeness (QED) is 0.755. The SMILES string of the molecule is CC1(C)[C@@H]2CC[C@@H](CNC(=O)c3cccc4nc(CC(=O)N5C[C@@H]6C[C@H]5CN6)cn34)[C@@H]1C2. The van der Waals surface area contributed by atoms with E-state index in [-0.39, 0.29) is 18.2 Å². The number of imidazole rings is 1. The average molecular weight is 436 g/mol. The highest BCUT2D eigenvalue weighted by atomic mass is 16.2. The molecular weight excluding hydrogens is 402 g/mol. The number of likely N-dealkylation sites (tertiary alicyclic amines) is 1. The van der Waals surface area contributed by atoms with Gasteiger partial charge in [-0.1, -0.05) is 19.9 Å². The highest BCUT2D eigenvalue weighted by Gasteiger charge is 2.54. The summed E-state index contributed by atoms with van der Waals surface area (Å²) < 4.78 is 1.83. The summed E-state index contributed by atoms with van der Waals surface area (Å²) in [4.78, 5) is 32.5. The number of nitrogens with zero attached hydrogens (tertiary/aromatic N) is 3. The van der Waals surface area contributed by atoms with Crippen LogP contribution in [0, 0.1) is 23.2 Å². The molecule has 32 heavy (non-hydrogen) atoms. The summed E-state index contributed by atoms with van der Waals surface area (Å²) in [5.74, 6) is 2.23. The Morgan fingerprint density at radius 2 is 2.12 bits per heavy atom. The van der Waals surface area contributed by atoms with E-state index < -0.39 is 0 Å². The van der Waals surface area contributed by atoms with Gasteiger partial charge in [-0.3, -0.25) is 14.0 Å². The summed E-state index contributed by atoms with van der Waals surface area (Å²) in [6.45, 7) is 7.20. The van der Waals surface area contributed by atoms with E-state index in [0.717, 1.165) is 43.6 Å². The van der Waals surface area contributed by atoms with Gasteiger partial charge in [0.2, 0.25) is 5.91 Å². The molecule has 0 spiro atoms. The van der Waals surface area contributed by atoms with E-state index in [9.17, 15) is 9.59 Å². The van der Waals surface area contributed by atoms with Gasteiger partial charge in [0.15, 0.2) is 0 Å². The molecule has 3 aliphatic carbocycles. The number of amides is 2. The van der Waals surface area contributed by atoms with Crippen LogP contribution in [0.3, 0.4) is 0 Å². The minimum Gasteiger partial charge on any atom is -0.350 e. The van der Waals surface area contributed by atoms with Crippen LogP contribution in [0.2, 0.25) is 0 Å². The minimum absolute atomic E-state index is 0.0620. The maximum absolute atomic E-state index is 13.1. The summed E-state index contributed by atoms with van der Waals surface area (Å²) >= 11 is 0. The van der Waals surface area contributed by atoms with Gasteiger partial charge in [0, 0.05) is 37.9 Å². The summed E-state index contributed by atoms with van der Waals surface area (Å²) in [5.41, 5.74) is 2.44. The Labute approximate surface area is 188 Å². The standard InChI is InChI=1S/C25H33N5O2/c1-25(2)16-7-6-15(20(25)8-16)11-27-24(32)21-4-3-5-22-28-18(14-30(21)22)10-23(31)29-13-17-9-19(29)12-26-17/h3-5,14-17,19-20,26H,6-13H2,1-2H3,(H,27,32)/t15-,16+,17-,19-,20-/m0/s1. The van der Waals surface area contributed by atoms with Crippen LogP contribution in [-0.4, -0.2) is 57.8 Å². The fourth-order valence-corrected chi connectivity index (χ4v) is 6.98. The van der Waals surface area contributed by atoms with E-state index >= 15 is 0 Å². The second kappa shape index (κ2) is 7.30. The van der Waals surface area contributed by atoms with E-state index in [0.29, 0.717) is 34.8 Å². The van der Waals surface area contributed by atoms with Crippen molar-refractivity contribution in [2.75, 3.05) is 19.6 Å². The maximum atomic E-state index is 13.1. The molecule has 2 aromatic rings. The van der Waals surface area contributed by atoms with Crippen LogP contribution in [0.1, 0.15) is 55.7 Å². The molecule has 0 radical (unpaired) electrons. The Bertz CT molecular complexity index is 1070. The zero-order valence-corrected chi connectivity index (χ0v) is 19.0. The largest absolute Gasteiger partial charge is 0.350 e. The first-order chi connectivity index (χ1) is 15.4. The van der Waals surface area contributed by atoms with Gasteiger partial charge in [-0.05, 0) is 61.0 Å². The van der Waals surface area contributed by atoms with E-state index in [1.165, 1.54) is 19.3 Å². The molecule has 4 heterocycles. The third kappa shape index (κ3) is 3.16. The normalized spacial score (nSPS) is 32.2. The zero-order chi connectivity index (χ0) is 22.0. The summed E-state index contributed by atoms with van der Waals surface area (Å²) in [6.07, 6.45) is 7.01. The molecule has 5 aliphatic rings. The number of hydrogen-bond donors (Lipinski definition) is 2. The smallest absolute Gasteiger partial charge is 0.268 e. The van der Waals surface area contributed by atoms with E-state index in [1.54, 1.807) is 0 Å². The molecule has 0 unspecified atom stereocenters. The van der Waals surface area contributed by atoms with Gasteiger partial charge in [0.1, 0.15) is 11.3 Å². The lowest BCUT2D eigenvalue weighted by Crippen LogP contribution is -2.54. The molecule has 4 bridgehead atoms. The average Bonchev–Trinajstić information content (AvgIpc) is 3.52. The van der Waals surface area contributed by atoms with Crippen molar-refractivity contribution in [2.24, 2.45) is 23.2 Å². The van der Waals surface area contributed by atoms with Gasteiger partial charge >= 0.3 is 0 Å². The molecule has 0 aromatic carbocycles. The van der Waals surface area contributed by atoms with Crippen molar-refractivity contribution in [1.29, 1.82) is 0 Å². The van der Waals surface area contributed by atoms with Gasteiger partial charge in [-0.15, -0.1) is 0 Å².